The van der Waals surface area contributed by atoms with Crippen LogP contribution in [0.25, 0.3) is 0 Å². The van der Waals surface area contributed by atoms with Crippen molar-refractivity contribution in [2.24, 2.45) is 5.92 Å². The van der Waals surface area contributed by atoms with Crippen molar-refractivity contribution in [1.82, 2.24) is 10.6 Å². The second kappa shape index (κ2) is 6.80. The van der Waals surface area contributed by atoms with E-state index in [9.17, 15) is 9.90 Å². The van der Waals surface area contributed by atoms with Crippen molar-refractivity contribution < 1.29 is 14.6 Å². The summed E-state index contributed by atoms with van der Waals surface area (Å²) in [5.41, 5.74) is 2.15. The first-order chi connectivity index (χ1) is 9.99. The van der Waals surface area contributed by atoms with E-state index < -0.39 is 0 Å². The highest BCUT2D eigenvalue weighted by Crippen LogP contribution is 2.32. The Bertz CT molecular complexity index is 502. The van der Waals surface area contributed by atoms with Crippen LogP contribution in [0, 0.1) is 12.8 Å². The van der Waals surface area contributed by atoms with Gasteiger partial charge in [0, 0.05) is 5.56 Å². The van der Waals surface area contributed by atoms with Gasteiger partial charge in [-0.25, -0.2) is 4.79 Å². The number of carbonyl (C=O) groups is 1. The van der Waals surface area contributed by atoms with Gasteiger partial charge < -0.3 is 20.5 Å². The summed E-state index contributed by atoms with van der Waals surface area (Å²) in [4.78, 5) is 12.1. The van der Waals surface area contributed by atoms with Crippen LogP contribution in [-0.2, 0) is 0 Å². The topological polar surface area (TPSA) is 70.6 Å². The van der Waals surface area contributed by atoms with Crippen molar-refractivity contribution in [3.63, 3.8) is 0 Å². The molecule has 0 bridgehead atoms. The van der Waals surface area contributed by atoms with Crippen LogP contribution in [0.5, 0.6) is 5.75 Å². The molecule has 1 heterocycles. The lowest BCUT2D eigenvalue weighted by Gasteiger charge is -2.20. The second-order valence-electron chi connectivity index (χ2n) is 6.03. The van der Waals surface area contributed by atoms with Crippen molar-refractivity contribution in [3.8, 4) is 5.75 Å². The minimum atomic E-state index is -0.266. The molecule has 21 heavy (non-hydrogen) atoms. The van der Waals surface area contributed by atoms with Gasteiger partial charge >= 0.3 is 6.03 Å². The van der Waals surface area contributed by atoms with Gasteiger partial charge in [-0.1, -0.05) is 31.5 Å². The molecule has 1 aliphatic rings. The quantitative estimate of drug-likeness (QED) is 0.778. The van der Waals surface area contributed by atoms with E-state index in [0.717, 1.165) is 23.3 Å². The third-order valence-electron chi connectivity index (χ3n) is 3.56. The smallest absolute Gasteiger partial charge is 0.315 e. The second-order valence-corrected chi connectivity index (χ2v) is 6.03. The normalized spacial score (nSPS) is 18.0. The molecular formula is C16H24N2O3. The first-order valence-electron chi connectivity index (χ1n) is 7.40. The number of fused-ring (bicyclic) bond motifs is 1. The van der Waals surface area contributed by atoms with Crippen LogP contribution in [0.15, 0.2) is 18.2 Å². The average Bonchev–Trinajstić information content (AvgIpc) is 2.80. The van der Waals surface area contributed by atoms with E-state index in [2.05, 4.69) is 24.5 Å². The van der Waals surface area contributed by atoms with E-state index in [1.54, 1.807) is 0 Å². The Morgan fingerprint density at radius 3 is 2.90 bits per heavy atom. The van der Waals surface area contributed by atoms with Gasteiger partial charge in [-0.3, -0.25) is 0 Å². The van der Waals surface area contributed by atoms with E-state index in [-0.39, 0.29) is 24.7 Å². The number of amides is 2. The maximum atomic E-state index is 12.1. The molecular weight excluding hydrogens is 268 g/mol. The Hall–Kier alpha value is -1.75. The molecule has 2 rings (SSSR count). The van der Waals surface area contributed by atoms with Crippen LogP contribution in [0.2, 0.25) is 0 Å². The van der Waals surface area contributed by atoms with E-state index >= 15 is 0 Å². The maximum Gasteiger partial charge on any atom is 0.315 e. The Balaban J connectivity index is 1.94. The lowest BCUT2D eigenvalue weighted by molar-refractivity contribution is 0.202. The van der Waals surface area contributed by atoms with Gasteiger partial charge in [0.25, 0.3) is 0 Å². The Labute approximate surface area is 125 Å². The lowest BCUT2D eigenvalue weighted by Crippen LogP contribution is -2.45. The number of nitrogens with one attached hydrogen (secondary N) is 2. The fraction of sp³-hybridized carbons (Fsp3) is 0.562. The SMILES string of the molecule is Cc1ccc2c(c1)C(NC(=O)NC(CO)CC(C)C)CO2. The zero-order valence-corrected chi connectivity index (χ0v) is 12.8. The lowest BCUT2D eigenvalue weighted by atomic mass is 10.0. The summed E-state index contributed by atoms with van der Waals surface area (Å²) >= 11 is 0. The standard InChI is InChI=1S/C16H24N2O3/c1-10(2)6-12(8-19)17-16(20)18-14-9-21-15-5-4-11(3)7-13(14)15/h4-5,7,10,12,14,19H,6,8-9H2,1-3H3,(H2,17,18,20). The summed E-state index contributed by atoms with van der Waals surface area (Å²) in [6.07, 6.45) is 0.751. The molecule has 1 aromatic rings. The number of benzene rings is 1. The number of aryl methyl sites for hydroxylation is 1. The highest BCUT2D eigenvalue weighted by atomic mass is 16.5. The molecule has 0 fully saturated rings. The monoisotopic (exact) mass is 292 g/mol. The summed E-state index contributed by atoms with van der Waals surface area (Å²) in [7, 11) is 0. The number of hydrogen-bond acceptors (Lipinski definition) is 3. The number of aliphatic hydroxyl groups is 1. The van der Waals surface area contributed by atoms with Crippen LogP contribution < -0.4 is 15.4 Å². The van der Waals surface area contributed by atoms with E-state index in [0.29, 0.717) is 12.5 Å². The van der Waals surface area contributed by atoms with Crippen LogP contribution in [0.4, 0.5) is 4.79 Å². The molecule has 2 atom stereocenters. The number of carbonyl (C=O) groups excluding carboxylic acids is 1. The number of ether oxygens (including phenoxy) is 1. The minimum absolute atomic E-state index is 0.0531. The van der Waals surface area contributed by atoms with Gasteiger partial charge in [0.1, 0.15) is 12.4 Å². The average molecular weight is 292 g/mol. The van der Waals surface area contributed by atoms with E-state index in [1.807, 2.05) is 25.1 Å². The summed E-state index contributed by atoms with van der Waals surface area (Å²) < 4.78 is 5.57. The molecule has 1 aliphatic heterocycles. The molecule has 3 N–H and O–H groups in total. The highest BCUT2D eigenvalue weighted by molar-refractivity contribution is 5.75. The van der Waals surface area contributed by atoms with Crippen molar-refractivity contribution in [1.29, 1.82) is 0 Å². The molecule has 0 saturated heterocycles. The molecule has 0 spiro atoms. The third-order valence-corrected chi connectivity index (χ3v) is 3.56. The predicted molar refractivity (Wildman–Crippen MR) is 81.4 cm³/mol. The van der Waals surface area contributed by atoms with Gasteiger partial charge in [0.05, 0.1) is 18.7 Å². The van der Waals surface area contributed by atoms with Gasteiger partial charge in [-0.2, -0.15) is 0 Å². The molecule has 1 aromatic carbocycles. The van der Waals surface area contributed by atoms with Gasteiger partial charge in [0.2, 0.25) is 0 Å². The van der Waals surface area contributed by atoms with Crippen molar-refractivity contribution >= 4 is 6.03 Å². The predicted octanol–water partition coefficient (Wildman–Crippen LogP) is 2.13. The zero-order chi connectivity index (χ0) is 15.4. The molecule has 0 aliphatic carbocycles. The van der Waals surface area contributed by atoms with Gasteiger partial charge in [0.15, 0.2) is 0 Å². The van der Waals surface area contributed by atoms with Crippen molar-refractivity contribution in [2.75, 3.05) is 13.2 Å². The molecule has 0 aromatic heterocycles. The molecule has 116 valence electrons. The Morgan fingerprint density at radius 2 is 2.24 bits per heavy atom. The third kappa shape index (κ3) is 4.11. The molecule has 2 unspecified atom stereocenters. The first kappa shape index (κ1) is 15.6. The van der Waals surface area contributed by atoms with E-state index in [4.69, 9.17) is 4.74 Å². The number of hydrogen-bond donors (Lipinski definition) is 3. The highest BCUT2D eigenvalue weighted by Gasteiger charge is 2.26. The molecule has 2 amide bonds. The van der Waals surface area contributed by atoms with Crippen LogP contribution in [-0.4, -0.2) is 30.4 Å². The Morgan fingerprint density at radius 1 is 1.48 bits per heavy atom. The molecule has 0 saturated carbocycles. The first-order valence-corrected chi connectivity index (χ1v) is 7.40. The van der Waals surface area contributed by atoms with Gasteiger partial charge in [-0.15, -0.1) is 0 Å². The summed E-state index contributed by atoms with van der Waals surface area (Å²) in [5, 5.41) is 15.0. The molecule has 0 radical (unpaired) electrons. The van der Waals surface area contributed by atoms with E-state index in [1.165, 1.54) is 0 Å². The number of rotatable bonds is 5. The van der Waals surface area contributed by atoms with Crippen LogP contribution >= 0.6 is 0 Å². The van der Waals surface area contributed by atoms with Gasteiger partial charge in [-0.05, 0) is 25.3 Å². The summed E-state index contributed by atoms with van der Waals surface area (Å²) in [6.45, 7) is 6.53. The number of urea groups is 1. The fourth-order valence-corrected chi connectivity index (χ4v) is 2.59. The molecule has 5 nitrogen and oxygen atoms in total. The largest absolute Gasteiger partial charge is 0.491 e. The maximum absolute atomic E-state index is 12.1. The van der Waals surface area contributed by atoms with Crippen molar-refractivity contribution in [3.05, 3.63) is 29.3 Å². The Kier molecular flexibility index (Phi) is 5.07. The number of aliphatic hydroxyl groups excluding tert-OH is 1. The van der Waals surface area contributed by atoms with Crippen molar-refractivity contribution in [2.45, 2.75) is 39.3 Å². The summed E-state index contributed by atoms with van der Waals surface area (Å²) in [5.74, 6) is 1.24. The fourth-order valence-electron chi connectivity index (χ4n) is 2.59. The zero-order valence-electron chi connectivity index (χ0n) is 12.8. The van der Waals surface area contributed by atoms with Crippen LogP contribution in [0.1, 0.15) is 37.4 Å². The summed E-state index contributed by atoms with van der Waals surface area (Å²) in [6, 6.07) is 5.33. The molecule has 5 heteroatoms. The minimum Gasteiger partial charge on any atom is -0.491 e. The van der Waals surface area contributed by atoms with Crippen LogP contribution in [0.3, 0.4) is 0 Å².